The second-order valence-corrected chi connectivity index (χ2v) is 7.94. The van der Waals surface area contributed by atoms with Gasteiger partial charge in [-0.05, 0) is 36.3 Å². The third-order valence-corrected chi connectivity index (χ3v) is 6.52. The lowest BCUT2D eigenvalue weighted by atomic mass is 9.84. The number of imide groups is 1. The van der Waals surface area contributed by atoms with Gasteiger partial charge in [0.1, 0.15) is 5.76 Å². The lowest BCUT2D eigenvalue weighted by Gasteiger charge is -2.35. The molecular formula is C23H20N3O5-. The van der Waals surface area contributed by atoms with Crippen molar-refractivity contribution in [2.45, 2.75) is 19.0 Å². The number of likely N-dealkylation sites (tertiary alicyclic amines) is 1. The number of amides is 2. The standard InChI is InChI=1S/C23H20N3O5/c1-2-24-22(28)17-18(23(24)29)20(21(27)14-7-9-15(10-8-14)26(30)31)25-12-11-13-5-3-4-6-16(13)19(17)25/h3-12,17-20H,2H2,1H3,(H-,27,30,31)/q-1/t17-,18+,19?,20?/m1/s1. The van der Waals surface area contributed by atoms with Gasteiger partial charge in [-0.1, -0.05) is 24.3 Å². The van der Waals surface area contributed by atoms with Gasteiger partial charge in [0.25, 0.3) is 0 Å². The number of nitrogens with zero attached hydrogens (tertiary/aromatic N) is 3. The second kappa shape index (κ2) is 6.87. The highest BCUT2D eigenvalue weighted by atomic mass is 16.8. The van der Waals surface area contributed by atoms with Gasteiger partial charge >= 0.3 is 0 Å². The van der Waals surface area contributed by atoms with Gasteiger partial charge in [0.15, 0.2) is 0 Å². The Balaban J connectivity index is 1.65. The maximum Gasteiger partial charge on any atom is 0.235 e. The van der Waals surface area contributed by atoms with Crippen molar-refractivity contribution in [2.24, 2.45) is 11.8 Å². The topological polar surface area (TPSA) is 110 Å². The molecule has 8 nitrogen and oxygen atoms in total. The summed E-state index contributed by atoms with van der Waals surface area (Å²) >= 11 is 0. The molecule has 2 amide bonds. The number of rotatable bonds is 2. The van der Waals surface area contributed by atoms with Crippen molar-refractivity contribution < 1.29 is 19.6 Å². The SMILES string of the molecule is CCN1C(=O)[C@@H]2C(C(O)=C3C=CC(=[N+]([O-])[O-])C=C3)N3C=Cc4ccccc4C3[C@@H]2C1=O. The Hall–Kier alpha value is -3.81. The highest BCUT2D eigenvalue weighted by Gasteiger charge is 2.63. The number of hydrogen-bond donors (Lipinski definition) is 1. The Morgan fingerprint density at radius 1 is 1.03 bits per heavy atom. The van der Waals surface area contributed by atoms with Crippen LogP contribution in [0.15, 0.2) is 66.1 Å². The fourth-order valence-corrected chi connectivity index (χ4v) is 5.17. The van der Waals surface area contributed by atoms with Gasteiger partial charge in [-0.15, -0.1) is 0 Å². The molecule has 2 fully saturated rings. The van der Waals surface area contributed by atoms with Crippen molar-refractivity contribution in [1.29, 1.82) is 0 Å². The number of aliphatic hydroxyl groups is 1. The van der Waals surface area contributed by atoms with Gasteiger partial charge in [0.05, 0.1) is 23.9 Å². The summed E-state index contributed by atoms with van der Waals surface area (Å²) in [7, 11) is 0. The summed E-state index contributed by atoms with van der Waals surface area (Å²) in [6.45, 7) is 2.04. The molecule has 2 saturated heterocycles. The largest absolute Gasteiger partial charge is 0.612 e. The van der Waals surface area contributed by atoms with E-state index in [0.29, 0.717) is 5.57 Å². The summed E-state index contributed by atoms with van der Waals surface area (Å²) in [5.74, 6) is -1.93. The van der Waals surface area contributed by atoms with Gasteiger partial charge in [-0.2, -0.15) is 4.90 Å². The monoisotopic (exact) mass is 418 g/mol. The first-order chi connectivity index (χ1) is 14.9. The van der Waals surface area contributed by atoms with Gasteiger partial charge in [-0.25, -0.2) is 0 Å². The Labute approximate surface area is 178 Å². The first-order valence-corrected chi connectivity index (χ1v) is 10.1. The van der Waals surface area contributed by atoms with Crippen molar-refractivity contribution in [3.8, 4) is 0 Å². The van der Waals surface area contributed by atoms with E-state index in [0.717, 1.165) is 11.1 Å². The first kappa shape index (κ1) is 19.2. The van der Waals surface area contributed by atoms with E-state index in [4.69, 9.17) is 0 Å². The smallest absolute Gasteiger partial charge is 0.235 e. The van der Waals surface area contributed by atoms with Gasteiger partial charge in [-0.3, -0.25) is 14.5 Å². The fraction of sp³-hybridized carbons (Fsp3) is 0.261. The molecule has 1 aliphatic carbocycles. The maximum absolute atomic E-state index is 13.2. The number of benzene rings is 1. The van der Waals surface area contributed by atoms with E-state index in [9.17, 15) is 25.1 Å². The number of carbonyl (C=O) groups excluding carboxylic acids is 2. The number of hydrogen-bond acceptors (Lipinski definition) is 6. The fourth-order valence-electron chi connectivity index (χ4n) is 5.17. The molecule has 2 unspecified atom stereocenters. The Bertz CT molecular complexity index is 1120. The molecule has 0 spiro atoms. The molecule has 3 aliphatic heterocycles. The van der Waals surface area contributed by atoms with Crippen LogP contribution in [0, 0.1) is 22.3 Å². The Kier molecular flexibility index (Phi) is 4.25. The minimum Gasteiger partial charge on any atom is -0.612 e. The molecule has 1 aromatic carbocycles. The molecule has 1 aromatic rings. The average molecular weight is 418 g/mol. The van der Waals surface area contributed by atoms with E-state index in [1.165, 1.54) is 29.2 Å². The molecule has 158 valence electrons. The van der Waals surface area contributed by atoms with Crippen LogP contribution in [-0.2, 0) is 9.59 Å². The molecule has 31 heavy (non-hydrogen) atoms. The van der Waals surface area contributed by atoms with Crippen LogP contribution in [0.5, 0.6) is 0 Å². The zero-order chi connectivity index (χ0) is 21.9. The van der Waals surface area contributed by atoms with E-state index in [1.807, 2.05) is 41.4 Å². The van der Waals surface area contributed by atoms with E-state index in [1.54, 1.807) is 6.92 Å². The van der Waals surface area contributed by atoms with Crippen molar-refractivity contribution in [3.05, 3.63) is 87.6 Å². The predicted molar refractivity (Wildman–Crippen MR) is 113 cm³/mol. The number of aliphatic hydroxyl groups excluding tert-OH is 1. The summed E-state index contributed by atoms with van der Waals surface area (Å²) in [6, 6.07) is 6.62. The molecule has 8 heteroatoms. The third-order valence-electron chi connectivity index (χ3n) is 6.52. The second-order valence-electron chi connectivity index (χ2n) is 7.94. The quantitative estimate of drug-likeness (QED) is 0.342. The van der Waals surface area contributed by atoms with E-state index < -0.39 is 22.8 Å². The molecule has 4 aliphatic rings. The van der Waals surface area contributed by atoms with Crippen LogP contribution in [0.4, 0.5) is 0 Å². The molecule has 3 heterocycles. The van der Waals surface area contributed by atoms with Crippen molar-refractivity contribution >= 4 is 23.6 Å². The number of allylic oxidation sites excluding steroid dienone is 5. The maximum atomic E-state index is 13.2. The van der Waals surface area contributed by atoms with Crippen molar-refractivity contribution in [3.63, 3.8) is 0 Å². The highest BCUT2D eigenvalue weighted by molar-refractivity contribution is 6.07. The summed E-state index contributed by atoms with van der Waals surface area (Å²) in [5, 5.41) is 33.2. The van der Waals surface area contributed by atoms with Gasteiger partial charge in [0.2, 0.25) is 17.5 Å². The molecule has 0 radical (unpaired) electrons. The molecule has 5 rings (SSSR count). The zero-order valence-corrected chi connectivity index (χ0v) is 16.7. The molecule has 1 N–H and O–H groups in total. The molecular weight excluding hydrogens is 398 g/mol. The van der Waals surface area contributed by atoms with E-state index in [2.05, 4.69) is 0 Å². The highest BCUT2D eigenvalue weighted by Crippen LogP contribution is 2.54. The van der Waals surface area contributed by atoms with Crippen LogP contribution < -0.4 is 0 Å². The minimum atomic E-state index is -0.742. The first-order valence-electron chi connectivity index (χ1n) is 10.1. The predicted octanol–water partition coefficient (Wildman–Crippen LogP) is 2.40. The summed E-state index contributed by atoms with van der Waals surface area (Å²) in [4.78, 5) is 29.1. The van der Waals surface area contributed by atoms with Gasteiger partial charge in [0, 0.05) is 30.5 Å². The van der Waals surface area contributed by atoms with E-state index >= 15 is 0 Å². The summed E-state index contributed by atoms with van der Waals surface area (Å²) in [6.07, 6.45) is 9.31. The van der Waals surface area contributed by atoms with Gasteiger partial charge < -0.3 is 20.4 Å². The Morgan fingerprint density at radius 2 is 1.71 bits per heavy atom. The normalized spacial score (nSPS) is 28.2. The van der Waals surface area contributed by atoms with Crippen molar-refractivity contribution in [2.75, 3.05) is 6.54 Å². The lowest BCUT2D eigenvalue weighted by molar-refractivity contribution is -0.377. The third kappa shape index (κ3) is 2.64. The summed E-state index contributed by atoms with van der Waals surface area (Å²) < 4.78 is 0. The van der Waals surface area contributed by atoms with Crippen LogP contribution in [-0.4, -0.2) is 49.9 Å². The van der Waals surface area contributed by atoms with Crippen LogP contribution in [0.1, 0.15) is 24.1 Å². The van der Waals surface area contributed by atoms with Crippen molar-refractivity contribution in [1.82, 2.24) is 9.80 Å². The van der Waals surface area contributed by atoms with Crippen LogP contribution in [0.25, 0.3) is 6.08 Å². The van der Waals surface area contributed by atoms with Crippen LogP contribution in [0.2, 0.25) is 0 Å². The minimum absolute atomic E-state index is 0.0736. The molecule has 0 saturated carbocycles. The zero-order valence-electron chi connectivity index (χ0n) is 16.7. The van der Waals surface area contributed by atoms with Crippen LogP contribution in [0.3, 0.4) is 0 Å². The number of carbonyl (C=O) groups is 2. The lowest BCUT2D eigenvalue weighted by Crippen LogP contribution is -2.41. The van der Waals surface area contributed by atoms with E-state index in [-0.39, 0.29) is 35.9 Å². The number of fused-ring (bicyclic) bond motifs is 5. The average Bonchev–Trinajstić information content (AvgIpc) is 3.25. The molecule has 0 bridgehead atoms. The molecule has 4 atom stereocenters. The summed E-state index contributed by atoms with van der Waals surface area (Å²) in [5.41, 5.74) is 2.22. The van der Waals surface area contributed by atoms with Crippen LogP contribution >= 0.6 is 0 Å². The Morgan fingerprint density at radius 3 is 2.39 bits per heavy atom. The molecule has 0 aromatic heterocycles.